The molecule has 0 saturated carbocycles. The molecule has 1 saturated heterocycles. The van der Waals surface area contributed by atoms with Gasteiger partial charge >= 0.3 is 0 Å². The van der Waals surface area contributed by atoms with Gasteiger partial charge in [0.15, 0.2) is 0 Å². The molecule has 0 bridgehead atoms. The first-order chi connectivity index (χ1) is 14.6. The van der Waals surface area contributed by atoms with Crippen LogP contribution in [0, 0.1) is 6.92 Å². The summed E-state index contributed by atoms with van der Waals surface area (Å²) in [4.78, 5) is 0.350. The maximum Gasteiger partial charge on any atom is 0.243 e. The smallest absolute Gasteiger partial charge is 0.243 e. The second-order valence-electron chi connectivity index (χ2n) is 7.76. The monoisotopic (exact) mass is 421 g/mol. The molecule has 1 aliphatic heterocycles. The highest BCUT2D eigenvalue weighted by Crippen LogP contribution is 2.30. The molecule has 0 radical (unpaired) electrons. The van der Waals surface area contributed by atoms with Crippen molar-refractivity contribution in [2.24, 2.45) is 0 Å². The van der Waals surface area contributed by atoms with Crippen molar-refractivity contribution in [3.63, 3.8) is 0 Å². The average Bonchev–Trinajstić information content (AvgIpc) is 3.25. The summed E-state index contributed by atoms with van der Waals surface area (Å²) in [6, 6.07) is 27.1. The molecular formula is C25H27NO3S. The Morgan fingerprint density at radius 3 is 2.03 bits per heavy atom. The van der Waals surface area contributed by atoms with Crippen LogP contribution in [-0.4, -0.2) is 31.9 Å². The number of rotatable bonds is 7. The van der Waals surface area contributed by atoms with Gasteiger partial charge in [0.05, 0.1) is 11.5 Å². The summed E-state index contributed by atoms with van der Waals surface area (Å²) < 4.78 is 34.4. The second-order valence-corrected chi connectivity index (χ2v) is 9.65. The summed E-state index contributed by atoms with van der Waals surface area (Å²) in [5.74, 6) is 0. The maximum absolute atomic E-state index is 13.2. The zero-order valence-corrected chi connectivity index (χ0v) is 18.0. The van der Waals surface area contributed by atoms with Gasteiger partial charge in [0.2, 0.25) is 10.0 Å². The summed E-state index contributed by atoms with van der Waals surface area (Å²) in [6.45, 7) is 2.85. The average molecular weight is 422 g/mol. The summed E-state index contributed by atoms with van der Waals surface area (Å²) >= 11 is 0. The molecule has 0 amide bonds. The van der Waals surface area contributed by atoms with Crippen molar-refractivity contribution in [1.29, 1.82) is 0 Å². The van der Waals surface area contributed by atoms with Crippen molar-refractivity contribution in [1.82, 2.24) is 4.31 Å². The van der Waals surface area contributed by atoms with Crippen LogP contribution in [0.1, 0.15) is 35.6 Å². The standard InChI is InChI=1S/C25H27NO3S/c1-20-14-16-24(17-15-20)30(27,28)26-18-8-13-23(26)19-29-25(21-9-4-2-5-10-21)22-11-6-3-7-12-22/h2-7,9-12,14-17,23,25H,8,13,18-19H2,1H3/t23-/m0/s1. The van der Waals surface area contributed by atoms with Crippen LogP contribution in [0.5, 0.6) is 0 Å². The van der Waals surface area contributed by atoms with Crippen LogP contribution in [0.2, 0.25) is 0 Å². The van der Waals surface area contributed by atoms with E-state index in [9.17, 15) is 8.42 Å². The Morgan fingerprint density at radius 1 is 0.900 bits per heavy atom. The van der Waals surface area contributed by atoms with Gasteiger partial charge in [-0.1, -0.05) is 78.4 Å². The lowest BCUT2D eigenvalue weighted by atomic mass is 10.0. The minimum atomic E-state index is -3.53. The number of sulfonamides is 1. The first-order valence-corrected chi connectivity index (χ1v) is 11.8. The molecule has 1 heterocycles. The van der Waals surface area contributed by atoms with Crippen LogP contribution in [-0.2, 0) is 14.8 Å². The van der Waals surface area contributed by atoms with Gasteiger partial charge in [0, 0.05) is 12.6 Å². The van der Waals surface area contributed by atoms with E-state index in [1.165, 1.54) is 0 Å². The van der Waals surface area contributed by atoms with E-state index in [1.54, 1.807) is 16.4 Å². The third-order valence-electron chi connectivity index (χ3n) is 5.61. The van der Waals surface area contributed by atoms with E-state index in [-0.39, 0.29) is 12.1 Å². The van der Waals surface area contributed by atoms with Gasteiger partial charge in [-0.15, -0.1) is 0 Å². The minimum absolute atomic E-state index is 0.161. The van der Waals surface area contributed by atoms with Crippen molar-refractivity contribution in [3.8, 4) is 0 Å². The van der Waals surface area contributed by atoms with Gasteiger partial charge in [0.1, 0.15) is 6.10 Å². The summed E-state index contributed by atoms with van der Waals surface area (Å²) in [5, 5.41) is 0. The van der Waals surface area contributed by atoms with E-state index in [0.717, 1.165) is 29.5 Å². The normalized spacial score (nSPS) is 17.5. The Labute approximate surface area is 179 Å². The van der Waals surface area contributed by atoms with Gasteiger partial charge in [-0.3, -0.25) is 0 Å². The van der Waals surface area contributed by atoms with Crippen LogP contribution >= 0.6 is 0 Å². The van der Waals surface area contributed by atoms with E-state index in [0.29, 0.717) is 18.0 Å². The third-order valence-corrected chi connectivity index (χ3v) is 7.58. The lowest BCUT2D eigenvalue weighted by Crippen LogP contribution is -2.38. The minimum Gasteiger partial charge on any atom is -0.367 e. The Hall–Kier alpha value is -2.47. The molecule has 4 nitrogen and oxygen atoms in total. The molecule has 0 N–H and O–H groups in total. The third kappa shape index (κ3) is 4.48. The number of hydrogen-bond acceptors (Lipinski definition) is 3. The quantitative estimate of drug-likeness (QED) is 0.542. The summed E-state index contributed by atoms with van der Waals surface area (Å²) in [7, 11) is -3.53. The maximum atomic E-state index is 13.2. The van der Waals surface area contributed by atoms with Gasteiger partial charge in [-0.2, -0.15) is 4.31 Å². The molecule has 1 aliphatic rings. The van der Waals surface area contributed by atoms with E-state index < -0.39 is 10.0 Å². The van der Waals surface area contributed by atoms with Gasteiger partial charge in [-0.05, 0) is 43.0 Å². The van der Waals surface area contributed by atoms with Crippen molar-refractivity contribution in [3.05, 3.63) is 102 Å². The van der Waals surface area contributed by atoms with E-state index in [1.807, 2.05) is 79.7 Å². The van der Waals surface area contributed by atoms with E-state index >= 15 is 0 Å². The lowest BCUT2D eigenvalue weighted by molar-refractivity contribution is 0.0533. The zero-order chi connectivity index (χ0) is 21.0. The molecule has 0 aromatic heterocycles. The molecule has 156 valence electrons. The summed E-state index contributed by atoms with van der Waals surface area (Å²) in [5.41, 5.74) is 3.17. The van der Waals surface area contributed by atoms with Crippen molar-refractivity contribution in [2.45, 2.75) is 36.8 Å². The highest BCUT2D eigenvalue weighted by atomic mass is 32.2. The number of benzene rings is 3. The van der Waals surface area contributed by atoms with Crippen LogP contribution in [0.15, 0.2) is 89.8 Å². The number of aryl methyl sites for hydroxylation is 1. The van der Waals surface area contributed by atoms with Crippen LogP contribution < -0.4 is 0 Å². The predicted octanol–water partition coefficient (Wildman–Crippen LogP) is 4.95. The molecular weight excluding hydrogens is 394 g/mol. The summed E-state index contributed by atoms with van der Waals surface area (Å²) in [6.07, 6.45) is 1.43. The second kappa shape index (κ2) is 9.13. The Morgan fingerprint density at radius 2 is 1.47 bits per heavy atom. The number of ether oxygens (including phenoxy) is 1. The van der Waals surface area contributed by atoms with Gasteiger partial charge < -0.3 is 4.74 Å². The molecule has 5 heteroatoms. The molecule has 0 aliphatic carbocycles. The molecule has 3 aromatic rings. The van der Waals surface area contributed by atoms with Gasteiger partial charge in [0.25, 0.3) is 0 Å². The molecule has 0 spiro atoms. The fraction of sp³-hybridized carbons (Fsp3) is 0.280. The number of hydrogen-bond donors (Lipinski definition) is 0. The van der Waals surface area contributed by atoms with Crippen LogP contribution in [0.3, 0.4) is 0 Å². The fourth-order valence-corrected chi connectivity index (χ4v) is 5.66. The van der Waals surface area contributed by atoms with Crippen LogP contribution in [0.25, 0.3) is 0 Å². The lowest BCUT2D eigenvalue weighted by Gasteiger charge is -2.27. The van der Waals surface area contributed by atoms with Crippen molar-refractivity contribution < 1.29 is 13.2 Å². The Kier molecular flexibility index (Phi) is 6.32. The highest BCUT2D eigenvalue weighted by Gasteiger charge is 2.36. The van der Waals surface area contributed by atoms with Crippen molar-refractivity contribution in [2.75, 3.05) is 13.2 Å². The molecule has 4 rings (SSSR count). The zero-order valence-electron chi connectivity index (χ0n) is 17.1. The van der Waals surface area contributed by atoms with E-state index in [2.05, 4.69) is 0 Å². The first-order valence-electron chi connectivity index (χ1n) is 10.4. The molecule has 3 aromatic carbocycles. The largest absolute Gasteiger partial charge is 0.367 e. The molecule has 1 fully saturated rings. The Balaban J connectivity index is 1.54. The Bertz CT molecular complexity index is 1010. The molecule has 1 atom stereocenters. The predicted molar refractivity (Wildman–Crippen MR) is 119 cm³/mol. The number of nitrogens with zero attached hydrogens (tertiary/aromatic N) is 1. The van der Waals surface area contributed by atoms with Crippen LogP contribution in [0.4, 0.5) is 0 Å². The highest BCUT2D eigenvalue weighted by molar-refractivity contribution is 7.89. The first kappa shape index (κ1) is 20.8. The van der Waals surface area contributed by atoms with Gasteiger partial charge in [-0.25, -0.2) is 8.42 Å². The van der Waals surface area contributed by atoms with E-state index in [4.69, 9.17) is 4.74 Å². The fourth-order valence-electron chi connectivity index (χ4n) is 3.99. The molecule has 30 heavy (non-hydrogen) atoms. The topological polar surface area (TPSA) is 46.6 Å². The molecule has 0 unspecified atom stereocenters. The SMILES string of the molecule is Cc1ccc(S(=O)(=O)N2CCC[C@H]2COC(c2ccccc2)c2ccccc2)cc1. The van der Waals surface area contributed by atoms with Crippen molar-refractivity contribution >= 4 is 10.0 Å².